The van der Waals surface area contributed by atoms with Crippen LogP contribution >= 0.6 is 11.6 Å². The molecule has 0 radical (unpaired) electrons. The molecule has 0 bridgehead atoms. The number of nitrogens with zero attached hydrogens (tertiary/aromatic N) is 3. The molecule has 0 unspecified atom stereocenters. The largest absolute Gasteiger partial charge is 0.351 e. The van der Waals surface area contributed by atoms with Gasteiger partial charge in [-0.1, -0.05) is 29.8 Å². The summed E-state index contributed by atoms with van der Waals surface area (Å²) in [7, 11) is 3.91. The number of amides is 1. The van der Waals surface area contributed by atoms with Crippen LogP contribution in [0.3, 0.4) is 0 Å². The minimum Gasteiger partial charge on any atom is -0.351 e. The fourth-order valence-electron chi connectivity index (χ4n) is 2.72. The van der Waals surface area contributed by atoms with Gasteiger partial charge in [-0.2, -0.15) is 5.10 Å². The van der Waals surface area contributed by atoms with Crippen LogP contribution < -0.4 is 5.32 Å². The normalized spacial score (nSPS) is 11.8. The number of rotatable bonds is 7. The molecule has 24 heavy (non-hydrogen) atoms. The Hall–Kier alpha value is -1.85. The average Bonchev–Trinajstić information content (AvgIpc) is 2.90. The molecule has 2 aromatic rings. The maximum absolute atomic E-state index is 12.5. The summed E-state index contributed by atoms with van der Waals surface area (Å²) in [6, 6.07) is 7.55. The van der Waals surface area contributed by atoms with Crippen molar-refractivity contribution < 1.29 is 4.79 Å². The Labute approximate surface area is 148 Å². The van der Waals surface area contributed by atoms with Crippen LogP contribution in [0.5, 0.6) is 0 Å². The van der Waals surface area contributed by atoms with Crippen LogP contribution in [0.4, 0.5) is 0 Å². The minimum atomic E-state index is -0.502. The summed E-state index contributed by atoms with van der Waals surface area (Å²) >= 11 is 6.13. The number of carbonyl (C=O) groups is 1. The van der Waals surface area contributed by atoms with Gasteiger partial charge in [0.1, 0.15) is 0 Å². The molecule has 0 saturated heterocycles. The number of nitrogens with one attached hydrogen (secondary N) is 1. The molecule has 0 aliphatic rings. The summed E-state index contributed by atoms with van der Waals surface area (Å²) in [6.45, 7) is 5.75. The molecule has 1 amide bonds. The molecular weight excluding hydrogens is 324 g/mol. The predicted octanol–water partition coefficient (Wildman–Crippen LogP) is 2.85. The molecule has 5 nitrogen and oxygen atoms in total. The van der Waals surface area contributed by atoms with Crippen molar-refractivity contribution >= 4 is 17.5 Å². The number of aromatic nitrogens is 2. The zero-order valence-corrected chi connectivity index (χ0v) is 15.5. The van der Waals surface area contributed by atoms with E-state index in [0.717, 1.165) is 17.7 Å². The highest BCUT2D eigenvalue weighted by molar-refractivity contribution is 6.31. The van der Waals surface area contributed by atoms with Crippen LogP contribution in [0, 0.1) is 5.41 Å². The van der Waals surface area contributed by atoms with E-state index in [0.29, 0.717) is 18.1 Å². The number of hydrogen-bond donors (Lipinski definition) is 1. The maximum atomic E-state index is 12.5. The topological polar surface area (TPSA) is 50.2 Å². The summed E-state index contributed by atoms with van der Waals surface area (Å²) < 4.78 is 1.78. The first kappa shape index (κ1) is 18.5. The first-order valence-corrected chi connectivity index (χ1v) is 8.33. The number of benzene rings is 1. The lowest BCUT2D eigenvalue weighted by molar-refractivity contribution is -0.130. The first-order chi connectivity index (χ1) is 11.3. The van der Waals surface area contributed by atoms with Crippen molar-refractivity contribution in [2.45, 2.75) is 26.9 Å². The quantitative estimate of drug-likeness (QED) is 0.837. The molecule has 6 heteroatoms. The van der Waals surface area contributed by atoms with Crippen LogP contribution in [0.1, 0.15) is 25.0 Å². The van der Waals surface area contributed by atoms with Crippen molar-refractivity contribution in [1.29, 1.82) is 0 Å². The van der Waals surface area contributed by atoms with Gasteiger partial charge in [0.05, 0.1) is 11.6 Å². The number of halogens is 1. The maximum Gasteiger partial charge on any atom is 0.227 e. The van der Waals surface area contributed by atoms with Crippen LogP contribution in [0.15, 0.2) is 36.7 Å². The number of hydrogen-bond acceptors (Lipinski definition) is 3. The van der Waals surface area contributed by atoms with E-state index in [1.54, 1.807) is 4.68 Å². The van der Waals surface area contributed by atoms with Crippen molar-refractivity contribution in [1.82, 2.24) is 20.0 Å². The third-order valence-corrected chi connectivity index (χ3v) is 4.26. The Morgan fingerprint density at radius 2 is 2.08 bits per heavy atom. The van der Waals surface area contributed by atoms with Crippen molar-refractivity contribution in [3.05, 3.63) is 52.8 Å². The van der Waals surface area contributed by atoms with Crippen molar-refractivity contribution in [3.8, 4) is 0 Å². The van der Waals surface area contributed by atoms with Crippen LogP contribution in [0.25, 0.3) is 0 Å². The van der Waals surface area contributed by atoms with Gasteiger partial charge in [-0.05, 0) is 32.5 Å². The zero-order chi connectivity index (χ0) is 17.7. The smallest absolute Gasteiger partial charge is 0.227 e. The Morgan fingerprint density at radius 3 is 2.71 bits per heavy atom. The molecule has 0 spiro atoms. The molecule has 0 fully saturated rings. The molecule has 0 atom stereocenters. The second kappa shape index (κ2) is 7.81. The van der Waals surface area contributed by atoms with Gasteiger partial charge in [-0.25, -0.2) is 0 Å². The van der Waals surface area contributed by atoms with Crippen molar-refractivity contribution in [2.24, 2.45) is 12.5 Å². The molecule has 0 saturated carbocycles. The summed E-state index contributed by atoms with van der Waals surface area (Å²) in [5, 5.41) is 7.83. The molecule has 0 aliphatic carbocycles. The second-order valence-corrected chi connectivity index (χ2v) is 7.26. The van der Waals surface area contributed by atoms with Gasteiger partial charge in [0.25, 0.3) is 0 Å². The third kappa shape index (κ3) is 5.08. The van der Waals surface area contributed by atoms with Gasteiger partial charge in [-0.3, -0.25) is 9.48 Å². The Balaban J connectivity index is 1.88. The fraction of sp³-hybridized carbons (Fsp3) is 0.444. The van der Waals surface area contributed by atoms with Gasteiger partial charge in [-0.15, -0.1) is 0 Å². The lowest BCUT2D eigenvalue weighted by Gasteiger charge is -2.29. The summed E-state index contributed by atoms with van der Waals surface area (Å²) in [5.41, 5.74) is 1.55. The van der Waals surface area contributed by atoms with Gasteiger partial charge in [0.2, 0.25) is 5.91 Å². The summed E-state index contributed by atoms with van der Waals surface area (Å²) in [5.74, 6) is 0.0143. The minimum absolute atomic E-state index is 0.0143. The lowest BCUT2D eigenvalue weighted by atomic mass is 9.91. The van der Waals surface area contributed by atoms with Crippen LogP contribution in [0.2, 0.25) is 5.02 Å². The van der Waals surface area contributed by atoms with Gasteiger partial charge < -0.3 is 10.2 Å². The Kier molecular flexibility index (Phi) is 6.02. The molecule has 1 aromatic heterocycles. The highest BCUT2D eigenvalue weighted by Gasteiger charge is 2.29. The molecule has 1 N–H and O–H groups in total. The van der Waals surface area contributed by atoms with Gasteiger partial charge in [0.15, 0.2) is 0 Å². The average molecular weight is 349 g/mol. The second-order valence-electron chi connectivity index (χ2n) is 6.85. The van der Waals surface area contributed by atoms with E-state index in [-0.39, 0.29) is 5.91 Å². The molecule has 130 valence electrons. The summed E-state index contributed by atoms with van der Waals surface area (Å²) in [6.07, 6.45) is 3.84. The predicted molar refractivity (Wildman–Crippen MR) is 96.6 cm³/mol. The van der Waals surface area contributed by atoms with E-state index in [1.807, 2.05) is 64.6 Å². The van der Waals surface area contributed by atoms with Crippen LogP contribution in [-0.4, -0.2) is 34.2 Å². The van der Waals surface area contributed by atoms with E-state index >= 15 is 0 Å². The standard InChI is InChI=1S/C18H25ClN4O/c1-18(2,13-22(3)11-14-9-21-23(4)12-14)17(24)20-10-15-7-5-6-8-16(15)19/h5-9,12H,10-11,13H2,1-4H3,(H,20,24). The fourth-order valence-corrected chi connectivity index (χ4v) is 2.93. The van der Waals surface area contributed by atoms with Gasteiger partial charge >= 0.3 is 0 Å². The van der Waals surface area contributed by atoms with E-state index in [2.05, 4.69) is 15.3 Å². The Morgan fingerprint density at radius 1 is 1.38 bits per heavy atom. The van der Waals surface area contributed by atoms with E-state index in [9.17, 15) is 4.79 Å². The molecule has 1 heterocycles. The monoisotopic (exact) mass is 348 g/mol. The highest BCUT2D eigenvalue weighted by Crippen LogP contribution is 2.19. The summed E-state index contributed by atoms with van der Waals surface area (Å²) in [4.78, 5) is 14.7. The molecule has 1 aromatic carbocycles. The molecular formula is C18H25ClN4O. The van der Waals surface area contributed by atoms with E-state index in [4.69, 9.17) is 11.6 Å². The SMILES string of the molecule is CN(Cc1cnn(C)c1)CC(C)(C)C(=O)NCc1ccccc1Cl. The van der Waals surface area contributed by atoms with Crippen molar-refractivity contribution in [3.63, 3.8) is 0 Å². The van der Waals surface area contributed by atoms with Crippen LogP contribution in [-0.2, 0) is 24.9 Å². The number of aryl methyl sites for hydroxylation is 1. The van der Waals surface area contributed by atoms with E-state index in [1.165, 1.54) is 0 Å². The Bertz CT molecular complexity index is 696. The highest BCUT2D eigenvalue weighted by atomic mass is 35.5. The molecule has 0 aliphatic heterocycles. The van der Waals surface area contributed by atoms with Crippen molar-refractivity contribution in [2.75, 3.05) is 13.6 Å². The molecule has 2 rings (SSSR count). The van der Waals surface area contributed by atoms with E-state index < -0.39 is 5.41 Å². The zero-order valence-electron chi connectivity index (χ0n) is 14.7. The third-order valence-electron chi connectivity index (χ3n) is 3.89. The first-order valence-electron chi connectivity index (χ1n) is 7.96. The van der Waals surface area contributed by atoms with Gasteiger partial charge in [0, 0.05) is 43.5 Å². The number of carbonyl (C=O) groups excluding carboxylic acids is 1. The lowest BCUT2D eigenvalue weighted by Crippen LogP contribution is -2.43.